The van der Waals surface area contributed by atoms with E-state index in [9.17, 15) is 9.59 Å². The molecule has 3 rings (SSSR count). The van der Waals surface area contributed by atoms with Crippen LogP contribution in [0.4, 0.5) is 5.69 Å². The van der Waals surface area contributed by atoms with Crippen LogP contribution in [0.3, 0.4) is 0 Å². The Morgan fingerprint density at radius 2 is 1.55 bits per heavy atom. The number of nitrogens with zero attached hydrogens (tertiary/aromatic N) is 2. The Morgan fingerprint density at radius 1 is 0.950 bits per heavy atom. The summed E-state index contributed by atoms with van der Waals surface area (Å²) in [6.45, 7) is 5.82. The van der Waals surface area contributed by atoms with Crippen molar-refractivity contribution in [3.63, 3.8) is 0 Å². The normalized spacial score (nSPS) is 13.8. The molecule has 0 saturated heterocycles. The minimum atomic E-state index is -0.298. The van der Waals surface area contributed by atoms with Gasteiger partial charge < -0.3 is 0 Å². The van der Waals surface area contributed by atoms with Crippen molar-refractivity contribution < 1.29 is 9.59 Å². The highest BCUT2D eigenvalue weighted by atomic mass is 16.2. The molecule has 2 heterocycles. The number of carbonyl (C=O) groups is 2. The first kappa shape index (κ1) is 12.5. The first-order valence-electron chi connectivity index (χ1n) is 6.41. The van der Waals surface area contributed by atoms with Gasteiger partial charge in [-0.3, -0.25) is 14.6 Å². The standard InChI is InChI=1S/C16H14N2O2/c1-9-6-10(2)14(11(3)7-9)18-15(19)12-4-5-17-8-13(12)16(18)20/h4-8H,1-3H3. The molecule has 2 amide bonds. The molecule has 2 aromatic rings. The first-order chi connectivity index (χ1) is 9.50. The molecule has 0 radical (unpaired) electrons. The Morgan fingerprint density at radius 3 is 2.15 bits per heavy atom. The lowest BCUT2D eigenvalue weighted by molar-refractivity contribution is 0.0925. The summed E-state index contributed by atoms with van der Waals surface area (Å²) in [7, 11) is 0. The molecule has 1 aromatic heterocycles. The van der Waals surface area contributed by atoms with Crippen LogP contribution in [0.2, 0.25) is 0 Å². The van der Waals surface area contributed by atoms with Crippen LogP contribution in [0.1, 0.15) is 37.4 Å². The molecule has 20 heavy (non-hydrogen) atoms. The molecule has 0 bridgehead atoms. The highest BCUT2D eigenvalue weighted by Crippen LogP contribution is 2.33. The van der Waals surface area contributed by atoms with Crippen LogP contribution in [0.5, 0.6) is 0 Å². The number of aromatic nitrogens is 1. The topological polar surface area (TPSA) is 50.3 Å². The van der Waals surface area contributed by atoms with Gasteiger partial charge in [-0.25, -0.2) is 4.90 Å². The van der Waals surface area contributed by atoms with Crippen molar-refractivity contribution in [2.75, 3.05) is 4.90 Å². The lowest BCUT2D eigenvalue weighted by Crippen LogP contribution is -2.30. The summed E-state index contributed by atoms with van der Waals surface area (Å²) in [5, 5.41) is 0. The number of fused-ring (bicyclic) bond motifs is 1. The Bertz CT molecular complexity index is 692. The molecule has 100 valence electrons. The van der Waals surface area contributed by atoms with Crippen molar-refractivity contribution in [2.45, 2.75) is 20.8 Å². The zero-order valence-corrected chi connectivity index (χ0v) is 11.6. The maximum absolute atomic E-state index is 12.5. The zero-order chi connectivity index (χ0) is 14.4. The smallest absolute Gasteiger partial charge is 0.267 e. The van der Waals surface area contributed by atoms with Crippen molar-refractivity contribution in [1.82, 2.24) is 4.98 Å². The third kappa shape index (κ3) is 1.65. The lowest BCUT2D eigenvalue weighted by atomic mass is 10.0. The van der Waals surface area contributed by atoms with E-state index in [0.29, 0.717) is 16.8 Å². The van der Waals surface area contributed by atoms with Gasteiger partial charge in [0.15, 0.2) is 0 Å². The second-order valence-corrected chi connectivity index (χ2v) is 5.11. The van der Waals surface area contributed by atoms with Gasteiger partial charge in [0, 0.05) is 12.4 Å². The van der Waals surface area contributed by atoms with Crippen molar-refractivity contribution in [1.29, 1.82) is 0 Å². The maximum Gasteiger partial charge on any atom is 0.267 e. The second-order valence-electron chi connectivity index (χ2n) is 5.11. The predicted octanol–water partition coefficient (Wildman–Crippen LogP) is 2.81. The number of rotatable bonds is 1. The monoisotopic (exact) mass is 266 g/mol. The second kappa shape index (κ2) is 4.27. The van der Waals surface area contributed by atoms with Crippen molar-refractivity contribution in [2.24, 2.45) is 0 Å². The average molecular weight is 266 g/mol. The van der Waals surface area contributed by atoms with Crippen LogP contribution in [0.25, 0.3) is 0 Å². The number of hydrogen-bond acceptors (Lipinski definition) is 3. The lowest BCUT2D eigenvalue weighted by Gasteiger charge is -2.19. The highest BCUT2D eigenvalue weighted by molar-refractivity contribution is 6.34. The van der Waals surface area contributed by atoms with E-state index in [-0.39, 0.29) is 11.8 Å². The average Bonchev–Trinajstić information content (AvgIpc) is 2.64. The van der Waals surface area contributed by atoms with Gasteiger partial charge >= 0.3 is 0 Å². The van der Waals surface area contributed by atoms with E-state index in [1.165, 1.54) is 17.3 Å². The molecule has 0 spiro atoms. The Hall–Kier alpha value is -2.49. The quantitative estimate of drug-likeness (QED) is 0.746. The van der Waals surface area contributed by atoms with E-state index in [1.807, 2.05) is 32.9 Å². The number of pyridine rings is 1. The third-order valence-corrected chi connectivity index (χ3v) is 3.55. The predicted molar refractivity (Wildman–Crippen MR) is 76.0 cm³/mol. The van der Waals surface area contributed by atoms with Crippen molar-refractivity contribution in [3.05, 3.63) is 58.4 Å². The van der Waals surface area contributed by atoms with Gasteiger partial charge in [0.05, 0.1) is 16.8 Å². The number of carbonyl (C=O) groups excluding carboxylic acids is 2. The summed E-state index contributed by atoms with van der Waals surface area (Å²) in [5.41, 5.74) is 4.43. The number of anilines is 1. The minimum absolute atomic E-state index is 0.276. The largest absolute Gasteiger partial charge is 0.268 e. The molecule has 0 fully saturated rings. The SMILES string of the molecule is Cc1cc(C)c(N2C(=O)c3ccncc3C2=O)c(C)c1. The molecule has 4 heteroatoms. The number of amides is 2. The van der Waals surface area contributed by atoms with E-state index >= 15 is 0 Å². The molecule has 0 N–H and O–H groups in total. The molecule has 1 aliphatic rings. The molecule has 1 aromatic carbocycles. The molecule has 0 unspecified atom stereocenters. The Balaban J connectivity index is 2.19. The number of aryl methyl sites for hydroxylation is 3. The molecule has 4 nitrogen and oxygen atoms in total. The fraction of sp³-hybridized carbons (Fsp3) is 0.188. The van der Waals surface area contributed by atoms with Crippen molar-refractivity contribution in [3.8, 4) is 0 Å². The molecule has 0 saturated carbocycles. The molecule has 0 atom stereocenters. The summed E-state index contributed by atoms with van der Waals surface area (Å²) in [6.07, 6.45) is 2.98. The number of hydrogen-bond donors (Lipinski definition) is 0. The van der Waals surface area contributed by atoms with Crippen LogP contribution in [0, 0.1) is 20.8 Å². The molecular weight excluding hydrogens is 252 g/mol. The van der Waals surface area contributed by atoms with Crippen LogP contribution in [0.15, 0.2) is 30.6 Å². The minimum Gasteiger partial charge on any atom is -0.268 e. The van der Waals surface area contributed by atoms with Gasteiger partial charge in [0.25, 0.3) is 11.8 Å². The number of imide groups is 1. The van der Waals surface area contributed by atoms with Crippen LogP contribution < -0.4 is 4.90 Å². The van der Waals surface area contributed by atoms with Gasteiger partial charge in [-0.1, -0.05) is 17.7 Å². The molecular formula is C16H14N2O2. The first-order valence-corrected chi connectivity index (χ1v) is 6.41. The van der Waals surface area contributed by atoms with Gasteiger partial charge in [-0.2, -0.15) is 0 Å². The Kier molecular flexibility index (Phi) is 2.67. The maximum atomic E-state index is 12.5. The van der Waals surface area contributed by atoms with E-state index in [1.54, 1.807) is 6.07 Å². The fourth-order valence-electron chi connectivity index (χ4n) is 2.81. The molecule has 1 aliphatic heterocycles. The van der Waals surface area contributed by atoms with Gasteiger partial charge in [0.2, 0.25) is 0 Å². The summed E-state index contributed by atoms with van der Waals surface area (Å²) in [5.74, 6) is -0.574. The van der Waals surface area contributed by atoms with Crippen molar-refractivity contribution >= 4 is 17.5 Å². The van der Waals surface area contributed by atoms with Gasteiger partial charge in [0.1, 0.15) is 0 Å². The fourth-order valence-corrected chi connectivity index (χ4v) is 2.81. The summed E-state index contributed by atoms with van der Waals surface area (Å²) >= 11 is 0. The number of benzene rings is 1. The van der Waals surface area contributed by atoms with Crippen LogP contribution in [-0.4, -0.2) is 16.8 Å². The van der Waals surface area contributed by atoms with E-state index < -0.39 is 0 Å². The third-order valence-electron chi connectivity index (χ3n) is 3.55. The zero-order valence-electron chi connectivity index (χ0n) is 11.6. The summed E-state index contributed by atoms with van der Waals surface area (Å²) < 4.78 is 0. The van der Waals surface area contributed by atoms with E-state index in [4.69, 9.17) is 0 Å². The summed E-state index contributed by atoms with van der Waals surface area (Å²) in [4.78, 5) is 30.1. The van der Waals surface area contributed by atoms with Crippen LogP contribution in [-0.2, 0) is 0 Å². The van der Waals surface area contributed by atoms with E-state index in [0.717, 1.165) is 16.7 Å². The van der Waals surface area contributed by atoms with Crippen LogP contribution >= 0.6 is 0 Å². The Labute approximate surface area is 117 Å². The van der Waals surface area contributed by atoms with Gasteiger partial charge in [-0.15, -0.1) is 0 Å². The van der Waals surface area contributed by atoms with E-state index in [2.05, 4.69) is 4.98 Å². The summed E-state index contributed by atoms with van der Waals surface area (Å²) in [6, 6.07) is 5.54. The van der Waals surface area contributed by atoms with Gasteiger partial charge in [-0.05, 0) is 38.0 Å². The highest BCUT2D eigenvalue weighted by Gasteiger charge is 2.38. The molecule has 0 aliphatic carbocycles.